The number of aryl methyl sites for hydroxylation is 1. The van der Waals surface area contributed by atoms with Crippen LogP contribution in [0.3, 0.4) is 0 Å². The molecule has 0 saturated carbocycles. The fourth-order valence-electron chi connectivity index (χ4n) is 3.73. The molecule has 162 valence electrons. The summed E-state index contributed by atoms with van der Waals surface area (Å²) in [5, 5.41) is 18.2. The highest BCUT2D eigenvalue weighted by molar-refractivity contribution is 7.91. The zero-order valence-electron chi connectivity index (χ0n) is 17.3. The summed E-state index contributed by atoms with van der Waals surface area (Å²) in [4.78, 5) is 13.1. The van der Waals surface area contributed by atoms with Gasteiger partial charge in [-0.3, -0.25) is 4.79 Å². The van der Waals surface area contributed by atoms with Gasteiger partial charge in [-0.05, 0) is 37.5 Å². The van der Waals surface area contributed by atoms with Gasteiger partial charge in [0.25, 0.3) is 5.91 Å². The van der Waals surface area contributed by atoms with Crippen LogP contribution in [0.1, 0.15) is 28.8 Å². The van der Waals surface area contributed by atoms with Crippen LogP contribution in [-0.4, -0.2) is 52.9 Å². The molecule has 31 heavy (non-hydrogen) atoms. The van der Waals surface area contributed by atoms with Crippen LogP contribution in [0.2, 0.25) is 0 Å². The fourth-order valence-corrected chi connectivity index (χ4v) is 5.31. The number of nitrogens with one attached hydrogen (secondary N) is 1. The Morgan fingerprint density at radius 1 is 1.10 bits per heavy atom. The van der Waals surface area contributed by atoms with Crippen molar-refractivity contribution in [3.05, 3.63) is 71.9 Å². The third-order valence-electron chi connectivity index (χ3n) is 5.71. The van der Waals surface area contributed by atoms with Gasteiger partial charge in [0.1, 0.15) is 5.69 Å². The Morgan fingerprint density at radius 2 is 1.74 bits per heavy atom. The molecule has 0 unspecified atom stereocenters. The van der Waals surface area contributed by atoms with E-state index in [1.165, 1.54) is 0 Å². The molecule has 0 aliphatic carbocycles. The highest BCUT2D eigenvalue weighted by Crippen LogP contribution is 2.27. The lowest BCUT2D eigenvalue weighted by Crippen LogP contribution is -2.48. The molecule has 1 aromatic heterocycles. The van der Waals surface area contributed by atoms with Crippen molar-refractivity contribution in [2.45, 2.75) is 25.4 Å². The normalized spacial score (nSPS) is 17.2. The van der Waals surface area contributed by atoms with Crippen molar-refractivity contribution in [3.8, 4) is 16.9 Å². The summed E-state index contributed by atoms with van der Waals surface area (Å²) in [6.07, 6.45) is 1.91. The topological polar surface area (TPSA) is 101 Å². The summed E-state index contributed by atoms with van der Waals surface area (Å²) in [5.74, 6) is -0.498. The number of para-hydroxylation sites is 1. The number of nitrogens with zero attached hydrogens (tertiary/aromatic N) is 2. The maximum absolute atomic E-state index is 13.1. The lowest BCUT2D eigenvalue weighted by Gasteiger charge is -2.31. The highest BCUT2D eigenvalue weighted by atomic mass is 32.2. The van der Waals surface area contributed by atoms with Crippen molar-refractivity contribution < 1.29 is 18.3 Å². The standard InChI is InChI=1S/C23H25N3O4S/c1-17-7-5-6-10-19(17)21-20(15-26(25-21)18-8-3-2-4-9-18)22(27)24-16-23(28)11-13-31(29,30)14-12-23/h2-10,15,28H,11-14,16H2,1H3,(H,24,27). The van der Waals surface area contributed by atoms with Crippen LogP contribution in [-0.2, 0) is 9.84 Å². The van der Waals surface area contributed by atoms with Gasteiger partial charge in [-0.15, -0.1) is 0 Å². The Hall–Kier alpha value is -2.97. The van der Waals surface area contributed by atoms with E-state index in [2.05, 4.69) is 10.4 Å². The maximum Gasteiger partial charge on any atom is 0.255 e. The number of benzene rings is 2. The Balaban J connectivity index is 1.63. The number of carbonyl (C=O) groups excluding carboxylic acids is 1. The minimum absolute atomic E-state index is 0.00885. The zero-order valence-corrected chi connectivity index (χ0v) is 18.1. The van der Waals surface area contributed by atoms with E-state index in [0.29, 0.717) is 11.3 Å². The summed E-state index contributed by atoms with van der Waals surface area (Å²) in [5.41, 5.74) is 2.39. The average molecular weight is 440 g/mol. The first-order valence-corrected chi connectivity index (χ1v) is 12.0. The summed E-state index contributed by atoms with van der Waals surface area (Å²) >= 11 is 0. The third kappa shape index (κ3) is 4.70. The molecular formula is C23H25N3O4S. The Labute approximate surface area is 181 Å². The Bertz CT molecular complexity index is 1190. The summed E-state index contributed by atoms with van der Waals surface area (Å²) in [7, 11) is -3.11. The lowest BCUT2D eigenvalue weighted by atomic mass is 9.96. The molecule has 1 amide bonds. The molecule has 8 heteroatoms. The summed E-state index contributed by atoms with van der Waals surface area (Å²) in [6, 6.07) is 17.2. The molecule has 0 bridgehead atoms. The molecule has 2 N–H and O–H groups in total. The first-order valence-electron chi connectivity index (χ1n) is 10.2. The predicted octanol–water partition coefficient (Wildman–Crippen LogP) is 2.52. The Kier molecular flexibility index (Phi) is 5.68. The van der Waals surface area contributed by atoms with Gasteiger partial charge in [0.2, 0.25) is 0 Å². The van der Waals surface area contributed by atoms with Gasteiger partial charge in [0, 0.05) is 18.3 Å². The van der Waals surface area contributed by atoms with Crippen LogP contribution < -0.4 is 5.32 Å². The number of aromatic nitrogens is 2. The minimum Gasteiger partial charge on any atom is -0.388 e. The number of amides is 1. The molecule has 0 atom stereocenters. The van der Waals surface area contributed by atoms with Gasteiger partial charge >= 0.3 is 0 Å². The molecule has 2 heterocycles. The van der Waals surface area contributed by atoms with Crippen LogP contribution in [0.25, 0.3) is 16.9 Å². The molecule has 4 rings (SSSR count). The number of carbonyl (C=O) groups is 1. The van der Waals surface area contributed by atoms with E-state index in [-0.39, 0.29) is 36.8 Å². The molecule has 1 aliphatic heterocycles. The van der Waals surface area contributed by atoms with Crippen molar-refractivity contribution in [1.29, 1.82) is 0 Å². The maximum atomic E-state index is 13.1. The smallest absolute Gasteiger partial charge is 0.255 e. The third-order valence-corrected chi connectivity index (χ3v) is 7.37. The molecule has 3 aromatic rings. The molecule has 1 fully saturated rings. The van der Waals surface area contributed by atoms with Crippen LogP contribution in [0.15, 0.2) is 60.8 Å². The van der Waals surface area contributed by atoms with Gasteiger partial charge in [0.15, 0.2) is 9.84 Å². The number of hydrogen-bond acceptors (Lipinski definition) is 5. The Morgan fingerprint density at radius 3 is 2.42 bits per heavy atom. The number of rotatable bonds is 5. The quantitative estimate of drug-likeness (QED) is 0.636. The van der Waals surface area contributed by atoms with E-state index in [1.807, 2.05) is 61.5 Å². The lowest BCUT2D eigenvalue weighted by molar-refractivity contribution is 0.0296. The first-order chi connectivity index (χ1) is 14.8. The summed E-state index contributed by atoms with van der Waals surface area (Å²) in [6.45, 7) is 1.95. The van der Waals surface area contributed by atoms with Crippen molar-refractivity contribution in [1.82, 2.24) is 15.1 Å². The SMILES string of the molecule is Cc1ccccc1-c1nn(-c2ccccc2)cc1C(=O)NCC1(O)CCS(=O)(=O)CC1. The van der Waals surface area contributed by atoms with E-state index in [1.54, 1.807) is 10.9 Å². The predicted molar refractivity (Wildman–Crippen MR) is 119 cm³/mol. The molecule has 0 radical (unpaired) electrons. The van der Waals surface area contributed by atoms with E-state index in [0.717, 1.165) is 16.8 Å². The van der Waals surface area contributed by atoms with Crippen molar-refractivity contribution in [2.75, 3.05) is 18.1 Å². The van der Waals surface area contributed by atoms with E-state index < -0.39 is 15.4 Å². The van der Waals surface area contributed by atoms with Gasteiger partial charge in [-0.1, -0.05) is 42.5 Å². The van der Waals surface area contributed by atoms with Gasteiger partial charge < -0.3 is 10.4 Å². The first kappa shape index (κ1) is 21.3. The number of hydrogen-bond donors (Lipinski definition) is 2. The van der Waals surface area contributed by atoms with Crippen molar-refractivity contribution in [3.63, 3.8) is 0 Å². The van der Waals surface area contributed by atoms with Crippen molar-refractivity contribution in [2.24, 2.45) is 0 Å². The average Bonchev–Trinajstić information content (AvgIpc) is 3.21. The van der Waals surface area contributed by atoms with E-state index >= 15 is 0 Å². The molecule has 7 nitrogen and oxygen atoms in total. The number of aliphatic hydroxyl groups is 1. The molecule has 0 spiro atoms. The second kappa shape index (κ2) is 8.28. The second-order valence-electron chi connectivity index (χ2n) is 8.05. The van der Waals surface area contributed by atoms with Crippen LogP contribution in [0, 0.1) is 6.92 Å². The van der Waals surface area contributed by atoms with Crippen molar-refractivity contribution >= 4 is 15.7 Å². The molecule has 1 saturated heterocycles. The summed E-state index contributed by atoms with van der Waals surface area (Å²) < 4.78 is 25.0. The molecule has 2 aromatic carbocycles. The van der Waals surface area contributed by atoms with E-state index in [4.69, 9.17) is 0 Å². The monoisotopic (exact) mass is 439 g/mol. The van der Waals surface area contributed by atoms with Crippen LogP contribution in [0.5, 0.6) is 0 Å². The zero-order chi connectivity index (χ0) is 22.1. The van der Waals surface area contributed by atoms with Crippen LogP contribution in [0.4, 0.5) is 0 Å². The number of sulfone groups is 1. The fraction of sp³-hybridized carbons (Fsp3) is 0.304. The van der Waals surface area contributed by atoms with Crippen LogP contribution >= 0.6 is 0 Å². The van der Waals surface area contributed by atoms with Gasteiger partial charge in [0.05, 0.1) is 28.4 Å². The molecule has 1 aliphatic rings. The highest BCUT2D eigenvalue weighted by Gasteiger charge is 2.36. The van der Waals surface area contributed by atoms with Gasteiger partial charge in [-0.25, -0.2) is 13.1 Å². The second-order valence-corrected chi connectivity index (χ2v) is 10.3. The minimum atomic E-state index is -3.11. The molecular weight excluding hydrogens is 414 g/mol. The van der Waals surface area contributed by atoms with Gasteiger partial charge in [-0.2, -0.15) is 5.10 Å². The largest absolute Gasteiger partial charge is 0.388 e. The van der Waals surface area contributed by atoms with E-state index in [9.17, 15) is 18.3 Å².